The molecule has 2 atom stereocenters. The van der Waals surface area contributed by atoms with Gasteiger partial charge < -0.3 is 10.1 Å². The minimum Gasteiger partial charge on any atom is -0.376 e. The van der Waals surface area contributed by atoms with Crippen LogP contribution in [0, 0.1) is 0 Å². The summed E-state index contributed by atoms with van der Waals surface area (Å²) in [7, 11) is 0. The standard InChI is InChI=1S/C17H23NO2S/c1-13-15(9-12-20-13)18-16(19)17(10-5-6-11-17)21-14-7-3-2-4-8-14/h2-4,7-8,13,15H,5-6,9-12H2,1H3,(H,18,19). The molecule has 1 saturated carbocycles. The van der Waals surface area contributed by atoms with E-state index in [1.165, 1.54) is 4.90 Å². The number of carbonyl (C=O) groups excluding carboxylic acids is 1. The van der Waals surface area contributed by atoms with Crippen molar-refractivity contribution in [1.82, 2.24) is 5.32 Å². The Hall–Kier alpha value is -1.00. The first-order valence-electron chi connectivity index (χ1n) is 7.86. The summed E-state index contributed by atoms with van der Waals surface area (Å²) in [5.41, 5.74) is 0. The van der Waals surface area contributed by atoms with E-state index in [9.17, 15) is 4.79 Å². The van der Waals surface area contributed by atoms with Crippen molar-refractivity contribution in [2.24, 2.45) is 0 Å². The van der Waals surface area contributed by atoms with Gasteiger partial charge in [0, 0.05) is 11.5 Å². The maximum absolute atomic E-state index is 12.9. The topological polar surface area (TPSA) is 38.3 Å². The Kier molecular flexibility index (Phi) is 4.55. The Morgan fingerprint density at radius 2 is 2.00 bits per heavy atom. The number of hydrogen-bond acceptors (Lipinski definition) is 3. The molecule has 1 N–H and O–H groups in total. The maximum Gasteiger partial charge on any atom is 0.236 e. The van der Waals surface area contributed by atoms with E-state index in [4.69, 9.17) is 4.74 Å². The van der Waals surface area contributed by atoms with Crippen molar-refractivity contribution >= 4 is 17.7 Å². The number of rotatable bonds is 4. The summed E-state index contributed by atoms with van der Waals surface area (Å²) in [6.07, 6.45) is 5.29. The molecule has 2 unspecified atom stereocenters. The molecule has 0 aromatic heterocycles. The molecule has 1 aromatic rings. The van der Waals surface area contributed by atoms with Crippen LogP contribution in [0.25, 0.3) is 0 Å². The first-order chi connectivity index (χ1) is 10.2. The van der Waals surface area contributed by atoms with Crippen molar-refractivity contribution in [3.63, 3.8) is 0 Å². The number of thioether (sulfide) groups is 1. The second-order valence-electron chi connectivity index (χ2n) is 6.06. The zero-order valence-electron chi connectivity index (χ0n) is 12.5. The molecule has 1 amide bonds. The summed E-state index contributed by atoms with van der Waals surface area (Å²) in [4.78, 5) is 14.1. The fourth-order valence-corrected chi connectivity index (χ4v) is 4.65. The summed E-state index contributed by atoms with van der Waals surface area (Å²) in [5.74, 6) is 0.205. The zero-order chi connectivity index (χ0) is 14.7. The molecule has 114 valence electrons. The quantitative estimate of drug-likeness (QED) is 0.926. The average molecular weight is 305 g/mol. The highest BCUT2D eigenvalue weighted by atomic mass is 32.2. The van der Waals surface area contributed by atoms with Gasteiger partial charge in [0.1, 0.15) is 0 Å². The molecule has 2 fully saturated rings. The fraction of sp³-hybridized carbons (Fsp3) is 0.588. The lowest BCUT2D eigenvalue weighted by atomic mass is 10.0. The van der Waals surface area contributed by atoms with Gasteiger partial charge in [0.2, 0.25) is 5.91 Å². The van der Waals surface area contributed by atoms with Gasteiger partial charge in [-0.2, -0.15) is 0 Å². The third-order valence-electron chi connectivity index (χ3n) is 4.57. The third kappa shape index (κ3) is 3.27. The van der Waals surface area contributed by atoms with Crippen LogP contribution in [0.5, 0.6) is 0 Å². The first-order valence-corrected chi connectivity index (χ1v) is 8.68. The molecule has 4 heteroatoms. The molecule has 21 heavy (non-hydrogen) atoms. The Labute approximate surface area is 130 Å². The third-order valence-corrected chi connectivity index (χ3v) is 6.07. The van der Waals surface area contributed by atoms with Gasteiger partial charge in [0.15, 0.2) is 0 Å². The highest BCUT2D eigenvalue weighted by Gasteiger charge is 2.43. The summed E-state index contributed by atoms with van der Waals surface area (Å²) >= 11 is 1.74. The van der Waals surface area contributed by atoms with Crippen LogP contribution in [0.1, 0.15) is 39.0 Å². The summed E-state index contributed by atoms with van der Waals surface area (Å²) < 4.78 is 5.27. The van der Waals surface area contributed by atoms with E-state index in [0.717, 1.165) is 38.7 Å². The molecule has 2 aliphatic rings. The van der Waals surface area contributed by atoms with Crippen LogP contribution in [0.3, 0.4) is 0 Å². The Balaban J connectivity index is 1.72. The lowest BCUT2D eigenvalue weighted by molar-refractivity contribution is -0.124. The van der Waals surface area contributed by atoms with Crippen molar-refractivity contribution in [2.75, 3.05) is 6.61 Å². The van der Waals surface area contributed by atoms with Crippen molar-refractivity contribution in [2.45, 2.75) is 60.8 Å². The molecule has 0 bridgehead atoms. The number of ether oxygens (including phenoxy) is 1. The predicted octanol–water partition coefficient (Wildman–Crippen LogP) is 3.39. The van der Waals surface area contributed by atoms with Crippen LogP contribution in [-0.4, -0.2) is 29.4 Å². The van der Waals surface area contributed by atoms with Gasteiger partial charge in [0.05, 0.1) is 16.9 Å². The molecular weight excluding hydrogens is 282 g/mol. The van der Waals surface area contributed by atoms with Crippen molar-refractivity contribution < 1.29 is 9.53 Å². The minimum absolute atomic E-state index is 0.133. The van der Waals surface area contributed by atoms with Crippen molar-refractivity contribution in [3.8, 4) is 0 Å². The lowest BCUT2D eigenvalue weighted by Gasteiger charge is -2.29. The van der Waals surface area contributed by atoms with Gasteiger partial charge in [-0.15, -0.1) is 11.8 Å². The molecule has 1 saturated heterocycles. The number of nitrogens with one attached hydrogen (secondary N) is 1. The SMILES string of the molecule is CC1OCCC1NC(=O)C1(Sc2ccccc2)CCCC1. The van der Waals surface area contributed by atoms with Crippen LogP contribution >= 0.6 is 11.8 Å². The van der Waals surface area contributed by atoms with E-state index in [1.807, 2.05) is 25.1 Å². The van der Waals surface area contributed by atoms with E-state index in [0.29, 0.717) is 0 Å². The highest BCUT2D eigenvalue weighted by Crippen LogP contribution is 2.45. The smallest absolute Gasteiger partial charge is 0.236 e. The van der Waals surface area contributed by atoms with E-state index < -0.39 is 0 Å². The number of amides is 1. The van der Waals surface area contributed by atoms with Crippen LogP contribution in [0.15, 0.2) is 35.2 Å². The summed E-state index contributed by atoms with van der Waals surface area (Å²) in [6.45, 7) is 2.80. The maximum atomic E-state index is 12.9. The number of carbonyl (C=O) groups is 1. The normalized spacial score (nSPS) is 27.7. The van der Waals surface area contributed by atoms with Gasteiger partial charge in [0.25, 0.3) is 0 Å². The molecular formula is C17H23NO2S. The van der Waals surface area contributed by atoms with Crippen LogP contribution in [0.4, 0.5) is 0 Å². The van der Waals surface area contributed by atoms with Gasteiger partial charge in [-0.3, -0.25) is 4.79 Å². The molecule has 1 heterocycles. The lowest BCUT2D eigenvalue weighted by Crippen LogP contribution is -2.48. The highest BCUT2D eigenvalue weighted by molar-refractivity contribution is 8.01. The molecule has 1 aliphatic heterocycles. The van der Waals surface area contributed by atoms with Crippen molar-refractivity contribution in [1.29, 1.82) is 0 Å². The second kappa shape index (κ2) is 6.41. The molecule has 3 rings (SSSR count). The van der Waals surface area contributed by atoms with Crippen LogP contribution in [0.2, 0.25) is 0 Å². The first kappa shape index (κ1) is 14.9. The largest absolute Gasteiger partial charge is 0.376 e. The zero-order valence-corrected chi connectivity index (χ0v) is 13.3. The van der Waals surface area contributed by atoms with E-state index in [-0.39, 0.29) is 22.8 Å². The molecule has 0 spiro atoms. The van der Waals surface area contributed by atoms with E-state index >= 15 is 0 Å². The fourth-order valence-electron chi connectivity index (χ4n) is 3.26. The number of hydrogen-bond donors (Lipinski definition) is 1. The van der Waals surface area contributed by atoms with Gasteiger partial charge in [-0.05, 0) is 38.3 Å². The second-order valence-corrected chi connectivity index (χ2v) is 7.52. The van der Waals surface area contributed by atoms with Crippen LogP contribution < -0.4 is 5.32 Å². The van der Waals surface area contributed by atoms with Gasteiger partial charge >= 0.3 is 0 Å². The Morgan fingerprint density at radius 3 is 2.62 bits per heavy atom. The van der Waals surface area contributed by atoms with Gasteiger partial charge in [-0.1, -0.05) is 31.0 Å². The van der Waals surface area contributed by atoms with Crippen molar-refractivity contribution in [3.05, 3.63) is 30.3 Å². The summed E-state index contributed by atoms with van der Waals surface area (Å²) in [5, 5.41) is 3.25. The average Bonchev–Trinajstić information content (AvgIpc) is 3.11. The van der Waals surface area contributed by atoms with Crippen LogP contribution in [-0.2, 0) is 9.53 Å². The minimum atomic E-state index is -0.288. The predicted molar refractivity (Wildman–Crippen MR) is 85.5 cm³/mol. The van der Waals surface area contributed by atoms with E-state index in [1.54, 1.807) is 11.8 Å². The van der Waals surface area contributed by atoms with Gasteiger partial charge in [-0.25, -0.2) is 0 Å². The molecule has 1 aliphatic carbocycles. The van der Waals surface area contributed by atoms with E-state index in [2.05, 4.69) is 17.4 Å². The Bertz CT molecular complexity index is 485. The molecule has 3 nitrogen and oxygen atoms in total. The Morgan fingerprint density at radius 1 is 1.29 bits per heavy atom. The summed E-state index contributed by atoms with van der Waals surface area (Å²) in [6, 6.07) is 10.5. The molecule has 0 radical (unpaired) electrons. The molecule has 1 aromatic carbocycles. The monoisotopic (exact) mass is 305 g/mol. The number of benzene rings is 1.